The fraction of sp³-hybridized carbons (Fsp3) is 0.857. The van der Waals surface area contributed by atoms with Gasteiger partial charge in [0.05, 0.1) is 6.04 Å². The molecule has 6 heteroatoms. The topological polar surface area (TPSA) is 66.6 Å². The van der Waals surface area contributed by atoms with Crippen molar-refractivity contribution in [3.63, 3.8) is 0 Å². The van der Waals surface area contributed by atoms with E-state index in [0.717, 1.165) is 5.75 Å². The number of amides is 2. The Labute approximate surface area is 126 Å². The van der Waals surface area contributed by atoms with E-state index in [1.165, 1.54) is 0 Å². The lowest BCUT2D eigenvalue weighted by molar-refractivity contribution is -0.140. The summed E-state index contributed by atoms with van der Waals surface area (Å²) >= 11 is 1.70. The Morgan fingerprint density at radius 3 is 2.20 bits per heavy atom. The van der Waals surface area contributed by atoms with Crippen LogP contribution in [0.3, 0.4) is 0 Å². The van der Waals surface area contributed by atoms with Crippen LogP contribution in [0.4, 0.5) is 0 Å². The lowest BCUT2D eigenvalue weighted by Crippen LogP contribution is -2.54. The highest BCUT2D eigenvalue weighted by Gasteiger charge is 2.26. The molecule has 0 bridgehead atoms. The van der Waals surface area contributed by atoms with Gasteiger partial charge in [0.1, 0.15) is 0 Å². The average Bonchev–Trinajstić information content (AvgIpc) is 2.43. The third-order valence-corrected chi connectivity index (χ3v) is 4.12. The molecule has 116 valence electrons. The second kappa shape index (κ2) is 8.52. The van der Waals surface area contributed by atoms with Crippen molar-refractivity contribution in [2.24, 2.45) is 11.7 Å². The second-order valence-corrected chi connectivity index (χ2v) is 6.68. The predicted molar refractivity (Wildman–Crippen MR) is 83.6 cm³/mol. The van der Waals surface area contributed by atoms with Crippen LogP contribution in [0.15, 0.2) is 0 Å². The van der Waals surface area contributed by atoms with E-state index in [9.17, 15) is 9.59 Å². The highest BCUT2D eigenvalue weighted by Crippen LogP contribution is 2.10. The molecule has 20 heavy (non-hydrogen) atoms. The first-order valence-electron chi connectivity index (χ1n) is 7.26. The zero-order valence-electron chi connectivity index (χ0n) is 12.8. The zero-order valence-corrected chi connectivity index (χ0v) is 13.6. The number of nitrogens with zero attached hydrogens (tertiary/aromatic N) is 2. The van der Waals surface area contributed by atoms with Crippen LogP contribution in [0.25, 0.3) is 0 Å². The molecule has 0 aromatic rings. The Bertz CT molecular complexity index is 328. The van der Waals surface area contributed by atoms with Gasteiger partial charge in [0.25, 0.3) is 0 Å². The molecule has 2 N–H and O–H groups in total. The quantitative estimate of drug-likeness (QED) is 0.787. The molecule has 0 radical (unpaired) electrons. The molecule has 5 nitrogen and oxygen atoms in total. The van der Waals surface area contributed by atoms with Gasteiger partial charge in [-0.3, -0.25) is 9.59 Å². The molecule has 0 aliphatic carbocycles. The third-order valence-electron chi connectivity index (χ3n) is 3.48. The van der Waals surface area contributed by atoms with Crippen molar-refractivity contribution in [3.8, 4) is 0 Å². The van der Waals surface area contributed by atoms with Crippen molar-refractivity contribution in [1.29, 1.82) is 0 Å². The Hall–Kier alpha value is -0.750. The molecule has 0 unspecified atom stereocenters. The molecule has 1 fully saturated rings. The minimum atomic E-state index is -0.402. The van der Waals surface area contributed by atoms with E-state index >= 15 is 0 Å². The van der Waals surface area contributed by atoms with Crippen LogP contribution in [0.5, 0.6) is 0 Å². The smallest absolute Gasteiger partial charge is 0.239 e. The van der Waals surface area contributed by atoms with Crippen LogP contribution in [-0.2, 0) is 9.59 Å². The Morgan fingerprint density at radius 2 is 1.70 bits per heavy atom. The molecule has 1 heterocycles. The summed E-state index contributed by atoms with van der Waals surface area (Å²) in [6.45, 7) is 6.56. The van der Waals surface area contributed by atoms with Crippen molar-refractivity contribution in [1.82, 2.24) is 9.80 Å². The molecule has 1 atom stereocenters. The van der Waals surface area contributed by atoms with Gasteiger partial charge in [-0.05, 0) is 24.3 Å². The molecule has 2 amide bonds. The van der Waals surface area contributed by atoms with Crippen molar-refractivity contribution in [2.75, 3.05) is 38.2 Å². The molecule has 1 rings (SSSR count). The number of hydrogen-bond acceptors (Lipinski definition) is 4. The lowest BCUT2D eigenvalue weighted by atomic mass is 10.1. The first kappa shape index (κ1) is 17.3. The van der Waals surface area contributed by atoms with Gasteiger partial charge in [-0.2, -0.15) is 11.8 Å². The summed E-state index contributed by atoms with van der Waals surface area (Å²) in [4.78, 5) is 27.8. The number of thioether (sulfide) groups is 1. The average molecular weight is 301 g/mol. The maximum absolute atomic E-state index is 12.1. The number of rotatable bonds is 6. The summed E-state index contributed by atoms with van der Waals surface area (Å²) in [5.41, 5.74) is 5.91. The highest BCUT2D eigenvalue weighted by molar-refractivity contribution is 7.98. The highest BCUT2D eigenvalue weighted by atomic mass is 32.2. The second-order valence-electron chi connectivity index (χ2n) is 5.69. The van der Waals surface area contributed by atoms with Crippen LogP contribution in [0.1, 0.15) is 26.7 Å². The fourth-order valence-corrected chi connectivity index (χ4v) is 2.75. The molecule has 0 spiro atoms. The van der Waals surface area contributed by atoms with Crippen LogP contribution in [-0.4, -0.2) is 65.8 Å². The van der Waals surface area contributed by atoms with Crippen molar-refractivity contribution in [3.05, 3.63) is 0 Å². The predicted octanol–water partition coefficient (Wildman–Crippen LogP) is 0.784. The number of carbonyl (C=O) groups is 2. The Balaban J connectivity index is 2.38. The SMILES string of the molecule is CSCC[C@@H](N)C(=O)N1CCN(C(=O)CC(C)C)CC1. The first-order chi connectivity index (χ1) is 9.45. The van der Waals surface area contributed by atoms with Gasteiger partial charge in [-0.15, -0.1) is 0 Å². The van der Waals surface area contributed by atoms with E-state index in [1.807, 2.05) is 25.0 Å². The molecule has 1 aliphatic rings. The summed E-state index contributed by atoms with van der Waals surface area (Å²) in [5, 5.41) is 0. The summed E-state index contributed by atoms with van der Waals surface area (Å²) < 4.78 is 0. The number of nitrogens with two attached hydrogens (primary N) is 1. The van der Waals surface area contributed by atoms with Gasteiger partial charge in [0, 0.05) is 32.6 Å². The van der Waals surface area contributed by atoms with E-state index in [0.29, 0.717) is 44.9 Å². The molecule has 0 saturated carbocycles. The van der Waals surface area contributed by atoms with Gasteiger partial charge in [0.15, 0.2) is 0 Å². The summed E-state index contributed by atoms with van der Waals surface area (Å²) in [7, 11) is 0. The standard InChI is InChI=1S/C14H27N3O2S/c1-11(2)10-13(18)16-5-7-17(8-6-16)14(19)12(15)4-9-20-3/h11-12H,4-10,15H2,1-3H3/t12-/m1/s1. The third kappa shape index (κ3) is 5.32. The molecule has 0 aromatic heterocycles. The van der Waals surface area contributed by atoms with E-state index in [-0.39, 0.29) is 11.8 Å². The largest absolute Gasteiger partial charge is 0.339 e. The molecule has 1 aliphatic heterocycles. The van der Waals surface area contributed by atoms with Crippen LogP contribution < -0.4 is 5.73 Å². The van der Waals surface area contributed by atoms with Crippen molar-refractivity contribution >= 4 is 23.6 Å². The maximum atomic E-state index is 12.1. The number of carbonyl (C=O) groups excluding carboxylic acids is 2. The van der Waals surface area contributed by atoms with E-state index in [4.69, 9.17) is 5.73 Å². The summed E-state index contributed by atoms with van der Waals surface area (Å²) in [6.07, 6.45) is 3.31. The minimum absolute atomic E-state index is 0.0232. The molecular formula is C14H27N3O2S. The minimum Gasteiger partial charge on any atom is -0.339 e. The Kier molecular flexibility index (Phi) is 7.37. The monoisotopic (exact) mass is 301 g/mol. The fourth-order valence-electron chi connectivity index (χ4n) is 2.26. The van der Waals surface area contributed by atoms with Crippen LogP contribution in [0, 0.1) is 5.92 Å². The van der Waals surface area contributed by atoms with E-state index in [2.05, 4.69) is 0 Å². The summed E-state index contributed by atoms with van der Waals surface area (Å²) in [6, 6.07) is -0.402. The molecule has 1 saturated heterocycles. The van der Waals surface area contributed by atoms with Crippen molar-refractivity contribution in [2.45, 2.75) is 32.7 Å². The van der Waals surface area contributed by atoms with Crippen LogP contribution in [0.2, 0.25) is 0 Å². The van der Waals surface area contributed by atoms with Gasteiger partial charge in [0.2, 0.25) is 11.8 Å². The first-order valence-corrected chi connectivity index (χ1v) is 8.66. The number of piperazine rings is 1. The van der Waals surface area contributed by atoms with Gasteiger partial charge >= 0.3 is 0 Å². The van der Waals surface area contributed by atoms with Gasteiger partial charge in [-0.1, -0.05) is 13.8 Å². The van der Waals surface area contributed by atoms with E-state index < -0.39 is 6.04 Å². The maximum Gasteiger partial charge on any atom is 0.239 e. The lowest BCUT2D eigenvalue weighted by Gasteiger charge is -2.36. The van der Waals surface area contributed by atoms with Crippen molar-refractivity contribution < 1.29 is 9.59 Å². The van der Waals surface area contributed by atoms with Gasteiger partial charge < -0.3 is 15.5 Å². The normalized spacial score (nSPS) is 17.4. The zero-order chi connectivity index (χ0) is 15.1. The van der Waals surface area contributed by atoms with Gasteiger partial charge in [-0.25, -0.2) is 0 Å². The molecule has 0 aromatic carbocycles. The van der Waals surface area contributed by atoms with Crippen LogP contribution >= 0.6 is 11.8 Å². The summed E-state index contributed by atoms with van der Waals surface area (Å²) in [5.74, 6) is 1.50. The number of hydrogen-bond donors (Lipinski definition) is 1. The Morgan fingerprint density at radius 1 is 1.15 bits per heavy atom. The van der Waals surface area contributed by atoms with E-state index in [1.54, 1.807) is 16.7 Å². The molecular weight excluding hydrogens is 274 g/mol.